The van der Waals surface area contributed by atoms with E-state index in [2.05, 4.69) is 5.32 Å². The van der Waals surface area contributed by atoms with Gasteiger partial charge in [-0.2, -0.15) is 0 Å². The molecule has 31 heavy (non-hydrogen) atoms. The maximum absolute atomic E-state index is 13.4. The highest BCUT2D eigenvalue weighted by atomic mass is 35.5. The fourth-order valence-corrected chi connectivity index (χ4v) is 4.37. The molecule has 0 saturated heterocycles. The molecule has 0 radical (unpaired) electrons. The van der Waals surface area contributed by atoms with Gasteiger partial charge in [-0.15, -0.1) is 0 Å². The number of hydrogen-bond donors (Lipinski definition) is 1. The molecule has 0 aliphatic rings. The number of amides is 2. The molecule has 0 saturated carbocycles. The number of nitrogens with zero attached hydrogens (tertiary/aromatic N) is 2. The molecule has 0 fully saturated rings. The van der Waals surface area contributed by atoms with Gasteiger partial charge in [0.25, 0.3) is 0 Å². The lowest BCUT2D eigenvalue weighted by atomic mass is 10.1. The van der Waals surface area contributed by atoms with Crippen LogP contribution in [0.2, 0.25) is 5.02 Å². The second kappa shape index (κ2) is 10.6. The zero-order chi connectivity index (χ0) is 23.2. The van der Waals surface area contributed by atoms with Crippen molar-refractivity contribution in [2.45, 2.75) is 32.9 Å². The summed E-state index contributed by atoms with van der Waals surface area (Å²) in [7, 11) is -2.30. The van der Waals surface area contributed by atoms with Gasteiger partial charge in [-0.1, -0.05) is 60.5 Å². The van der Waals surface area contributed by atoms with Gasteiger partial charge in [0.05, 0.1) is 17.0 Å². The Morgan fingerprint density at radius 2 is 1.71 bits per heavy atom. The number of sulfonamides is 1. The summed E-state index contributed by atoms with van der Waals surface area (Å²) in [6.07, 6.45) is 1.40. The van der Waals surface area contributed by atoms with Gasteiger partial charge in [-0.25, -0.2) is 8.42 Å². The Morgan fingerprint density at radius 1 is 1.10 bits per heavy atom. The third-order valence-electron chi connectivity index (χ3n) is 4.91. The van der Waals surface area contributed by atoms with E-state index in [0.29, 0.717) is 6.42 Å². The lowest BCUT2D eigenvalue weighted by Crippen LogP contribution is -2.51. The molecule has 7 nitrogen and oxygen atoms in total. The lowest BCUT2D eigenvalue weighted by molar-refractivity contribution is -0.140. The molecule has 0 aliphatic heterocycles. The molecule has 0 aliphatic carbocycles. The molecule has 1 N–H and O–H groups in total. The van der Waals surface area contributed by atoms with Gasteiger partial charge in [0.2, 0.25) is 21.8 Å². The maximum Gasteiger partial charge on any atom is 0.244 e. The largest absolute Gasteiger partial charge is 0.357 e. The van der Waals surface area contributed by atoms with E-state index in [-0.39, 0.29) is 23.2 Å². The molecule has 1 unspecified atom stereocenters. The van der Waals surface area contributed by atoms with Crippen LogP contribution < -0.4 is 9.62 Å². The summed E-state index contributed by atoms with van der Waals surface area (Å²) in [5, 5.41) is 2.80. The summed E-state index contributed by atoms with van der Waals surface area (Å²) in [5.41, 5.74) is 2.12. The smallest absolute Gasteiger partial charge is 0.244 e. The first-order valence-corrected chi connectivity index (χ1v) is 12.1. The molecule has 2 aromatic rings. The zero-order valence-corrected chi connectivity index (χ0v) is 19.7. The van der Waals surface area contributed by atoms with Crippen molar-refractivity contribution in [2.75, 3.05) is 24.2 Å². The molecule has 0 spiro atoms. The maximum atomic E-state index is 13.4. The van der Waals surface area contributed by atoms with Crippen molar-refractivity contribution < 1.29 is 18.0 Å². The van der Waals surface area contributed by atoms with E-state index in [9.17, 15) is 18.0 Å². The van der Waals surface area contributed by atoms with Gasteiger partial charge in [-0.05, 0) is 31.0 Å². The minimum absolute atomic E-state index is 0.172. The predicted octanol–water partition coefficient (Wildman–Crippen LogP) is 2.97. The first-order chi connectivity index (χ1) is 14.6. The van der Waals surface area contributed by atoms with Gasteiger partial charge in [-0.3, -0.25) is 13.9 Å². The molecule has 0 aromatic heterocycles. The molecule has 0 bridgehead atoms. The highest BCUT2D eigenvalue weighted by Crippen LogP contribution is 2.27. The van der Waals surface area contributed by atoms with Gasteiger partial charge < -0.3 is 10.2 Å². The third-order valence-corrected chi connectivity index (χ3v) is 6.35. The Kier molecular flexibility index (Phi) is 8.47. The van der Waals surface area contributed by atoms with Crippen LogP contribution in [0.3, 0.4) is 0 Å². The normalized spacial score (nSPS) is 12.2. The average Bonchev–Trinajstić information content (AvgIpc) is 2.72. The molecule has 0 heterocycles. The monoisotopic (exact) mass is 465 g/mol. The van der Waals surface area contributed by atoms with E-state index < -0.39 is 28.5 Å². The van der Waals surface area contributed by atoms with Gasteiger partial charge in [0, 0.05) is 13.6 Å². The number of carbonyl (C=O) groups excluding carboxylic acids is 2. The number of benzene rings is 2. The molecule has 2 aromatic carbocycles. The van der Waals surface area contributed by atoms with Crippen molar-refractivity contribution in [3.05, 3.63) is 64.7 Å². The number of aryl methyl sites for hydroxylation is 1. The number of nitrogens with one attached hydrogen (secondary N) is 1. The van der Waals surface area contributed by atoms with Gasteiger partial charge >= 0.3 is 0 Å². The van der Waals surface area contributed by atoms with Crippen molar-refractivity contribution in [3.63, 3.8) is 0 Å². The van der Waals surface area contributed by atoms with Crippen molar-refractivity contribution in [3.8, 4) is 0 Å². The second-order valence-electron chi connectivity index (χ2n) is 7.27. The van der Waals surface area contributed by atoms with Crippen LogP contribution in [0.5, 0.6) is 0 Å². The number of anilines is 1. The van der Waals surface area contributed by atoms with Crippen LogP contribution in [0.4, 0.5) is 5.69 Å². The Hall–Kier alpha value is -2.58. The van der Waals surface area contributed by atoms with Crippen molar-refractivity contribution in [1.29, 1.82) is 0 Å². The number of likely N-dealkylation sites (N-methyl/N-ethyl adjacent to an activating group) is 1. The van der Waals surface area contributed by atoms with Crippen LogP contribution in [0.25, 0.3) is 0 Å². The van der Waals surface area contributed by atoms with Gasteiger partial charge in [0.15, 0.2) is 0 Å². The second-order valence-corrected chi connectivity index (χ2v) is 9.58. The number of para-hydroxylation sites is 1. The highest BCUT2D eigenvalue weighted by molar-refractivity contribution is 7.92. The first-order valence-electron chi connectivity index (χ1n) is 9.87. The van der Waals surface area contributed by atoms with E-state index in [1.54, 1.807) is 25.1 Å². The van der Waals surface area contributed by atoms with E-state index in [1.807, 2.05) is 31.2 Å². The molecular formula is C22H28ClN3O4S. The Balaban J connectivity index is 2.43. The summed E-state index contributed by atoms with van der Waals surface area (Å²) in [6, 6.07) is 13.3. The first kappa shape index (κ1) is 24.7. The molecule has 1 atom stereocenters. The minimum atomic E-state index is -3.80. The fourth-order valence-electron chi connectivity index (χ4n) is 3.23. The zero-order valence-electron chi connectivity index (χ0n) is 18.1. The third kappa shape index (κ3) is 6.45. The fraction of sp³-hybridized carbons (Fsp3) is 0.364. The van der Waals surface area contributed by atoms with Gasteiger partial charge in [0.1, 0.15) is 12.6 Å². The molecular weight excluding hydrogens is 438 g/mol. The summed E-state index contributed by atoms with van der Waals surface area (Å²) < 4.78 is 25.9. The number of rotatable bonds is 9. The van der Waals surface area contributed by atoms with Crippen molar-refractivity contribution in [1.82, 2.24) is 10.2 Å². The van der Waals surface area contributed by atoms with E-state index in [0.717, 1.165) is 21.7 Å². The van der Waals surface area contributed by atoms with E-state index in [4.69, 9.17) is 11.6 Å². The van der Waals surface area contributed by atoms with Crippen molar-refractivity contribution in [2.24, 2.45) is 0 Å². The standard InChI is InChI=1S/C22H28ClN3O4S/c1-5-19(22(28)24-3)25(14-17-12-10-16(2)11-13-17)21(27)15-26(31(4,29)30)20-9-7-6-8-18(20)23/h6-13,19H,5,14-15H2,1-4H3,(H,24,28). The molecule has 2 rings (SSSR count). The quantitative estimate of drug-likeness (QED) is 0.616. The molecule has 9 heteroatoms. The van der Waals surface area contributed by atoms with Crippen molar-refractivity contribution >= 4 is 39.1 Å². The lowest BCUT2D eigenvalue weighted by Gasteiger charge is -2.32. The Bertz CT molecular complexity index is 1030. The van der Waals surface area contributed by atoms with E-state index >= 15 is 0 Å². The van der Waals surface area contributed by atoms with Crippen LogP contribution >= 0.6 is 11.6 Å². The molecule has 168 valence electrons. The summed E-state index contributed by atoms with van der Waals surface area (Å²) in [5.74, 6) is -0.812. The summed E-state index contributed by atoms with van der Waals surface area (Å²) in [6.45, 7) is 3.46. The number of hydrogen-bond acceptors (Lipinski definition) is 4. The summed E-state index contributed by atoms with van der Waals surface area (Å²) in [4.78, 5) is 27.3. The van der Waals surface area contributed by atoms with Crippen LogP contribution in [0, 0.1) is 6.92 Å². The van der Waals surface area contributed by atoms with E-state index in [1.165, 1.54) is 18.0 Å². The summed E-state index contributed by atoms with van der Waals surface area (Å²) >= 11 is 6.20. The van der Waals surface area contributed by atoms with Crippen LogP contribution in [0.1, 0.15) is 24.5 Å². The number of carbonyl (C=O) groups is 2. The highest BCUT2D eigenvalue weighted by Gasteiger charge is 2.31. The number of halogens is 1. The topological polar surface area (TPSA) is 86.8 Å². The predicted molar refractivity (Wildman–Crippen MR) is 124 cm³/mol. The average molecular weight is 466 g/mol. The van der Waals surface area contributed by atoms with Crippen LogP contribution in [0.15, 0.2) is 48.5 Å². The SMILES string of the molecule is CCC(C(=O)NC)N(Cc1ccc(C)cc1)C(=O)CN(c1ccccc1Cl)S(C)(=O)=O. The minimum Gasteiger partial charge on any atom is -0.357 e. The molecule has 2 amide bonds. The van der Waals surface area contributed by atoms with Crippen LogP contribution in [-0.2, 0) is 26.2 Å². The Morgan fingerprint density at radius 3 is 2.23 bits per heavy atom. The Labute approximate surface area is 189 Å². The van der Waals surface area contributed by atoms with Crippen LogP contribution in [-0.4, -0.2) is 51.0 Å².